The van der Waals surface area contributed by atoms with Gasteiger partial charge in [0.25, 0.3) is 0 Å². The lowest BCUT2D eigenvalue weighted by Gasteiger charge is -2.23. The van der Waals surface area contributed by atoms with E-state index in [1.54, 1.807) is 0 Å². The molecule has 0 unspecified atom stereocenters. The second kappa shape index (κ2) is 8.48. The molecule has 4 nitrogen and oxygen atoms in total. The van der Waals surface area contributed by atoms with Crippen LogP contribution in [0, 0.1) is 0 Å². The molecule has 0 rings (SSSR count). The Morgan fingerprint density at radius 2 is 1.94 bits per heavy atom. The third-order valence-corrected chi connectivity index (χ3v) is 2.44. The molecule has 0 aromatic rings. The number of nitrogens with one attached hydrogen (secondary N) is 1. The van der Waals surface area contributed by atoms with Crippen molar-refractivity contribution in [1.82, 2.24) is 10.2 Å². The quantitative estimate of drug-likeness (QED) is 0.660. The van der Waals surface area contributed by atoms with Gasteiger partial charge in [-0.2, -0.15) is 0 Å². The first-order valence-electron chi connectivity index (χ1n) is 6.51. The monoisotopic (exact) mass is 244 g/mol. The Bertz CT molecular complexity index is 212. The maximum atomic E-state index is 11.9. The van der Waals surface area contributed by atoms with Gasteiger partial charge in [-0.3, -0.25) is 4.79 Å². The molecule has 0 radical (unpaired) electrons. The third kappa shape index (κ3) is 9.12. The van der Waals surface area contributed by atoms with E-state index in [0.717, 1.165) is 13.1 Å². The lowest BCUT2D eigenvalue weighted by atomic mass is 10.1. The van der Waals surface area contributed by atoms with Crippen LogP contribution in [-0.2, 0) is 9.53 Å². The fourth-order valence-electron chi connectivity index (χ4n) is 1.48. The molecule has 0 aliphatic carbocycles. The number of amides is 1. The lowest BCUT2D eigenvalue weighted by molar-refractivity contribution is -0.131. The van der Waals surface area contributed by atoms with Gasteiger partial charge in [-0.15, -0.1) is 0 Å². The van der Waals surface area contributed by atoms with Crippen molar-refractivity contribution in [3.63, 3.8) is 0 Å². The van der Waals surface area contributed by atoms with Gasteiger partial charge in [-0.1, -0.05) is 0 Å². The van der Waals surface area contributed by atoms with Gasteiger partial charge in [-0.25, -0.2) is 0 Å². The lowest BCUT2D eigenvalue weighted by Crippen LogP contribution is -2.40. The predicted octanol–water partition coefficient (Wildman–Crippen LogP) is 1.65. The Kier molecular flexibility index (Phi) is 8.17. The van der Waals surface area contributed by atoms with E-state index in [9.17, 15) is 4.79 Å². The first kappa shape index (κ1) is 16.4. The van der Waals surface area contributed by atoms with E-state index in [0.29, 0.717) is 26.2 Å². The van der Waals surface area contributed by atoms with Gasteiger partial charge in [0.15, 0.2) is 0 Å². The Hall–Kier alpha value is -0.610. The Balaban J connectivity index is 3.84. The molecule has 4 heteroatoms. The molecule has 0 aromatic carbocycles. The topological polar surface area (TPSA) is 41.6 Å². The van der Waals surface area contributed by atoms with Crippen LogP contribution >= 0.6 is 0 Å². The molecule has 0 saturated carbocycles. The Labute approximate surface area is 106 Å². The fraction of sp³-hybridized carbons (Fsp3) is 0.923. The first-order valence-corrected chi connectivity index (χ1v) is 6.51. The summed E-state index contributed by atoms with van der Waals surface area (Å²) in [6, 6.07) is 0. The summed E-state index contributed by atoms with van der Waals surface area (Å²) >= 11 is 0. The van der Waals surface area contributed by atoms with E-state index in [4.69, 9.17) is 4.74 Å². The van der Waals surface area contributed by atoms with Crippen molar-refractivity contribution in [3.05, 3.63) is 0 Å². The summed E-state index contributed by atoms with van der Waals surface area (Å²) in [5, 5.41) is 3.32. The summed E-state index contributed by atoms with van der Waals surface area (Å²) in [6.45, 7) is 13.8. The zero-order chi connectivity index (χ0) is 13.3. The molecule has 0 spiro atoms. The average molecular weight is 244 g/mol. The van der Waals surface area contributed by atoms with Crippen molar-refractivity contribution in [2.45, 2.75) is 46.6 Å². The number of likely N-dealkylation sites (N-methyl/N-ethyl adjacent to an activating group) is 1. The largest absolute Gasteiger partial charge is 0.380 e. The average Bonchev–Trinajstić information content (AvgIpc) is 2.22. The van der Waals surface area contributed by atoms with Crippen molar-refractivity contribution < 1.29 is 9.53 Å². The van der Waals surface area contributed by atoms with Gasteiger partial charge in [0.05, 0.1) is 6.61 Å². The highest BCUT2D eigenvalue weighted by Gasteiger charge is 2.13. The van der Waals surface area contributed by atoms with Crippen LogP contribution < -0.4 is 5.32 Å². The van der Waals surface area contributed by atoms with Crippen molar-refractivity contribution in [3.8, 4) is 0 Å². The zero-order valence-corrected chi connectivity index (χ0v) is 12.0. The molecule has 0 heterocycles. The van der Waals surface area contributed by atoms with Crippen LogP contribution in [-0.4, -0.2) is 49.2 Å². The number of carbonyl (C=O) groups excluding carboxylic acids is 1. The summed E-state index contributed by atoms with van der Waals surface area (Å²) in [4.78, 5) is 13.7. The van der Waals surface area contributed by atoms with Crippen molar-refractivity contribution in [1.29, 1.82) is 0 Å². The van der Waals surface area contributed by atoms with Crippen LogP contribution in [0.15, 0.2) is 0 Å². The van der Waals surface area contributed by atoms with Crippen molar-refractivity contribution >= 4 is 5.91 Å². The number of ether oxygens (including phenoxy) is 1. The van der Waals surface area contributed by atoms with Gasteiger partial charge < -0.3 is 15.0 Å². The summed E-state index contributed by atoms with van der Waals surface area (Å²) < 4.78 is 5.27. The second-order valence-corrected chi connectivity index (χ2v) is 5.10. The van der Waals surface area contributed by atoms with E-state index < -0.39 is 0 Å². The molecular formula is C13H28N2O2. The van der Waals surface area contributed by atoms with E-state index in [-0.39, 0.29) is 11.4 Å². The predicted molar refractivity (Wildman–Crippen MR) is 71.1 cm³/mol. The van der Waals surface area contributed by atoms with Gasteiger partial charge >= 0.3 is 0 Å². The molecule has 17 heavy (non-hydrogen) atoms. The minimum Gasteiger partial charge on any atom is -0.380 e. The minimum atomic E-state index is 0.0721. The van der Waals surface area contributed by atoms with E-state index >= 15 is 0 Å². The fourth-order valence-corrected chi connectivity index (χ4v) is 1.48. The van der Waals surface area contributed by atoms with Crippen LogP contribution in [0.3, 0.4) is 0 Å². The number of nitrogens with zero attached hydrogens (tertiary/aromatic N) is 1. The molecule has 0 aromatic heterocycles. The van der Waals surface area contributed by atoms with E-state index in [2.05, 4.69) is 26.1 Å². The number of carbonyl (C=O) groups is 1. The molecule has 0 saturated heterocycles. The Morgan fingerprint density at radius 1 is 1.29 bits per heavy atom. The van der Waals surface area contributed by atoms with Gasteiger partial charge in [0.2, 0.25) is 5.91 Å². The van der Waals surface area contributed by atoms with E-state index in [1.165, 1.54) is 0 Å². The summed E-state index contributed by atoms with van der Waals surface area (Å²) in [6.07, 6.45) is 0.553. The van der Waals surface area contributed by atoms with Gasteiger partial charge in [0.1, 0.15) is 0 Å². The van der Waals surface area contributed by atoms with Crippen LogP contribution in [0.1, 0.15) is 41.0 Å². The first-order chi connectivity index (χ1) is 7.90. The van der Waals surface area contributed by atoms with E-state index in [1.807, 2.05) is 18.7 Å². The SMILES string of the molecule is CCOCCN(CC)C(=O)CCNC(C)(C)C. The normalized spacial score (nSPS) is 11.6. The molecule has 1 N–H and O–H groups in total. The number of hydrogen-bond acceptors (Lipinski definition) is 3. The van der Waals surface area contributed by atoms with Gasteiger partial charge in [-0.05, 0) is 34.6 Å². The minimum absolute atomic E-state index is 0.0721. The highest BCUT2D eigenvalue weighted by atomic mass is 16.5. The molecule has 102 valence electrons. The van der Waals surface area contributed by atoms with Crippen molar-refractivity contribution in [2.24, 2.45) is 0 Å². The van der Waals surface area contributed by atoms with Crippen LogP contribution in [0.5, 0.6) is 0 Å². The summed E-state index contributed by atoms with van der Waals surface area (Å²) in [7, 11) is 0. The third-order valence-electron chi connectivity index (χ3n) is 2.44. The molecule has 0 bridgehead atoms. The second-order valence-electron chi connectivity index (χ2n) is 5.10. The molecule has 0 aliphatic heterocycles. The number of hydrogen-bond donors (Lipinski definition) is 1. The molecular weight excluding hydrogens is 216 g/mol. The highest BCUT2D eigenvalue weighted by molar-refractivity contribution is 5.76. The smallest absolute Gasteiger partial charge is 0.223 e. The standard InChI is InChI=1S/C13H28N2O2/c1-6-15(10-11-17-7-2)12(16)8-9-14-13(3,4)5/h14H,6-11H2,1-5H3. The van der Waals surface area contributed by atoms with Crippen LogP contribution in [0.4, 0.5) is 0 Å². The summed E-state index contributed by atoms with van der Waals surface area (Å²) in [5.41, 5.74) is 0.0721. The Morgan fingerprint density at radius 3 is 2.41 bits per heavy atom. The molecule has 0 atom stereocenters. The van der Waals surface area contributed by atoms with Crippen LogP contribution in [0.25, 0.3) is 0 Å². The maximum absolute atomic E-state index is 11.9. The molecule has 0 fully saturated rings. The van der Waals surface area contributed by atoms with Crippen molar-refractivity contribution in [2.75, 3.05) is 32.8 Å². The molecule has 1 amide bonds. The zero-order valence-electron chi connectivity index (χ0n) is 12.0. The highest BCUT2D eigenvalue weighted by Crippen LogP contribution is 2.00. The molecule has 0 aliphatic rings. The number of rotatable bonds is 8. The summed E-state index contributed by atoms with van der Waals surface area (Å²) in [5.74, 6) is 0.198. The van der Waals surface area contributed by atoms with Crippen LogP contribution in [0.2, 0.25) is 0 Å². The maximum Gasteiger partial charge on any atom is 0.223 e. The van der Waals surface area contributed by atoms with Gasteiger partial charge in [0, 0.05) is 38.2 Å².